The molecule has 7 nitrogen and oxygen atoms in total. The summed E-state index contributed by atoms with van der Waals surface area (Å²) in [5, 5.41) is 16.3. The highest BCUT2D eigenvalue weighted by atomic mass is 19.2. The Morgan fingerprint density at radius 1 is 1.20 bits per heavy atom. The van der Waals surface area contributed by atoms with E-state index in [-0.39, 0.29) is 24.5 Å². The number of rotatable bonds is 6. The van der Waals surface area contributed by atoms with E-state index < -0.39 is 22.7 Å². The number of nitrogens with zero attached hydrogens (tertiary/aromatic N) is 1. The highest BCUT2D eigenvalue weighted by molar-refractivity contribution is 5.87. The minimum absolute atomic E-state index is 0.0000247. The number of anilines is 2. The molecule has 2 aromatic carbocycles. The van der Waals surface area contributed by atoms with Crippen LogP contribution in [0.1, 0.15) is 12.5 Å². The van der Waals surface area contributed by atoms with E-state index in [1.54, 1.807) is 13.0 Å². The summed E-state index contributed by atoms with van der Waals surface area (Å²) in [6.07, 6.45) is -0.793. The lowest BCUT2D eigenvalue weighted by Crippen LogP contribution is -2.14. The number of ether oxygens (including phenoxy) is 1. The molecule has 0 aliphatic heterocycles. The van der Waals surface area contributed by atoms with Gasteiger partial charge in [-0.25, -0.2) is 13.6 Å². The average molecular weight is 351 g/mol. The Labute approximate surface area is 141 Å². The molecule has 0 spiro atoms. The monoisotopic (exact) mass is 351 g/mol. The van der Waals surface area contributed by atoms with Crippen molar-refractivity contribution in [3.05, 3.63) is 63.7 Å². The second-order valence-corrected chi connectivity index (χ2v) is 4.94. The summed E-state index contributed by atoms with van der Waals surface area (Å²) < 4.78 is 30.7. The van der Waals surface area contributed by atoms with Gasteiger partial charge in [-0.05, 0) is 30.7 Å². The Bertz CT molecular complexity index is 799. The Morgan fingerprint density at radius 3 is 2.60 bits per heavy atom. The van der Waals surface area contributed by atoms with Gasteiger partial charge in [-0.3, -0.25) is 15.4 Å². The predicted octanol–water partition coefficient (Wildman–Crippen LogP) is 4.05. The number of nitro benzene ring substituents is 1. The zero-order valence-corrected chi connectivity index (χ0v) is 13.2. The van der Waals surface area contributed by atoms with Crippen LogP contribution in [0.5, 0.6) is 0 Å². The van der Waals surface area contributed by atoms with Gasteiger partial charge < -0.3 is 10.1 Å². The zero-order chi connectivity index (χ0) is 18.4. The van der Waals surface area contributed by atoms with Crippen molar-refractivity contribution < 1.29 is 23.2 Å². The van der Waals surface area contributed by atoms with Gasteiger partial charge in [-0.15, -0.1) is 0 Å². The van der Waals surface area contributed by atoms with Gasteiger partial charge in [-0.2, -0.15) is 0 Å². The van der Waals surface area contributed by atoms with Crippen LogP contribution in [0.4, 0.5) is 30.6 Å². The molecule has 132 valence electrons. The van der Waals surface area contributed by atoms with Crippen LogP contribution in [0.2, 0.25) is 0 Å². The quantitative estimate of drug-likeness (QED) is 0.605. The number of nitrogens with one attached hydrogen (secondary N) is 2. The maximum absolute atomic E-state index is 13.2. The molecule has 0 saturated heterocycles. The molecule has 0 aromatic heterocycles. The second kappa shape index (κ2) is 8.04. The van der Waals surface area contributed by atoms with Crippen LogP contribution in [0.15, 0.2) is 36.4 Å². The molecule has 9 heteroatoms. The normalized spacial score (nSPS) is 10.2. The van der Waals surface area contributed by atoms with Crippen molar-refractivity contribution in [1.82, 2.24) is 0 Å². The van der Waals surface area contributed by atoms with E-state index >= 15 is 0 Å². The van der Waals surface area contributed by atoms with Crippen LogP contribution in [-0.4, -0.2) is 17.6 Å². The van der Waals surface area contributed by atoms with Gasteiger partial charge in [-0.1, -0.05) is 6.07 Å². The minimum Gasteiger partial charge on any atom is -0.450 e. The fourth-order valence-electron chi connectivity index (χ4n) is 2.03. The van der Waals surface area contributed by atoms with E-state index in [1.165, 1.54) is 18.2 Å². The first kappa shape index (κ1) is 18.1. The van der Waals surface area contributed by atoms with E-state index in [1.807, 2.05) is 0 Å². The van der Waals surface area contributed by atoms with Gasteiger partial charge in [0.2, 0.25) is 0 Å². The van der Waals surface area contributed by atoms with E-state index in [2.05, 4.69) is 15.4 Å². The Kier molecular flexibility index (Phi) is 5.83. The molecular formula is C16H15F2N3O4. The molecule has 0 heterocycles. The number of carbonyl (C=O) groups excluding carboxylic acids is 1. The number of benzene rings is 2. The Hall–Kier alpha value is -3.23. The van der Waals surface area contributed by atoms with Crippen LogP contribution < -0.4 is 10.6 Å². The molecule has 1 amide bonds. The van der Waals surface area contributed by atoms with Gasteiger partial charge in [0.25, 0.3) is 5.69 Å². The van der Waals surface area contributed by atoms with Crippen molar-refractivity contribution in [1.29, 1.82) is 0 Å². The summed E-state index contributed by atoms with van der Waals surface area (Å²) >= 11 is 0. The van der Waals surface area contributed by atoms with Crippen molar-refractivity contribution in [3.8, 4) is 0 Å². The van der Waals surface area contributed by atoms with Crippen LogP contribution in [0.3, 0.4) is 0 Å². The predicted molar refractivity (Wildman–Crippen MR) is 87.4 cm³/mol. The molecule has 0 aliphatic rings. The molecule has 25 heavy (non-hydrogen) atoms. The molecule has 0 bridgehead atoms. The lowest BCUT2D eigenvalue weighted by Gasteiger charge is -2.09. The van der Waals surface area contributed by atoms with Gasteiger partial charge in [0.1, 0.15) is 5.69 Å². The number of hydrogen-bond donors (Lipinski definition) is 2. The third kappa shape index (κ3) is 4.87. The zero-order valence-electron chi connectivity index (χ0n) is 13.2. The third-order valence-corrected chi connectivity index (χ3v) is 3.19. The van der Waals surface area contributed by atoms with Gasteiger partial charge in [0.15, 0.2) is 11.6 Å². The summed E-state index contributed by atoms with van der Waals surface area (Å²) in [4.78, 5) is 21.9. The van der Waals surface area contributed by atoms with Crippen LogP contribution in [-0.2, 0) is 11.3 Å². The minimum atomic E-state index is -0.995. The SMILES string of the molecule is CCOC(=O)Nc1ccc(CNc2ccc(F)c(F)c2)cc1[N+](=O)[O-]. The first-order valence-electron chi connectivity index (χ1n) is 7.30. The second-order valence-electron chi connectivity index (χ2n) is 4.94. The highest BCUT2D eigenvalue weighted by Crippen LogP contribution is 2.26. The number of nitro groups is 1. The summed E-state index contributed by atoms with van der Waals surface area (Å²) in [6.45, 7) is 1.89. The number of hydrogen-bond acceptors (Lipinski definition) is 5. The standard InChI is InChI=1S/C16H15F2N3O4/c1-2-25-16(22)20-14-6-3-10(7-15(14)21(23)24)9-19-11-4-5-12(17)13(18)8-11/h3-8,19H,2,9H2,1H3,(H,20,22). The number of carbonyl (C=O) groups is 1. The molecule has 0 aliphatic carbocycles. The molecule has 0 saturated carbocycles. The topological polar surface area (TPSA) is 93.5 Å². The van der Waals surface area contributed by atoms with Crippen molar-refractivity contribution in [2.24, 2.45) is 0 Å². The van der Waals surface area contributed by atoms with E-state index in [9.17, 15) is 23.7 Å². The molecule has 2 N–H and O–H groups in total. The largest absolute Gasteiger partial charge is 0.450 e. The Morgan fingerprint density at radius 2 is 1.96 bits per heavy atom. The number of amides is 1. The van der Waals surface area contributed by atoms with Crippen LogP contribution in [0, 0.1) is 21.7 Å². The lowest BCUT2D eigenvalue weighted by molar-refractivity contribution is -0.384. The van der Waals surface area contributed by atoms with E-state index in [0.717, 1.165) is 12.1 Å². The maximum atomic E-state index is 13.2. The average Bonchev–Trinajstić information content (AvgIpc) is 2.57. The van der Waals surface area contributed by atoms with Gasteiger partial charge in [0, 0.05) is 24.4 Å². The summed E-state index contributed by atoms with van der Waals surface area (Å²) in [5.41, 5.74) is 0.541. The van der Waals surface area contributed by atoms with Crippen molar-refractivity contribution in [2.45, 2.75) is 13.5 Å². The fraction of sp³-hybridized carbons (Fsp3) is 0.188. The fourth-order valence-corrected chi connectivity index (χ4v) is 2.03. The van der Waals surface area contributed by atoms with Gasteiger partial charge in [0.05, 0.1) is 11.5 Å². The molecular weight excluding hydrogens is 336 g/mol. The van der Waals surface area contributed by atoms with Crippen molar-refractivity contribution >= 4 is 23.2 Å². The molecule has 0 fully saturated rings. The summed E-state index contributed by atoms with van der Waals surface area (Å²) in [6, 6.07) is 7.52. The molecule has 0 atom stereocenters. The van der Waals surface area contributed by atoms with Crippen molar-refractivity contribution in [2.75, 3.05) is 17.2 Å². The lowest BCUT2D eigenvalue weighted by atomic mass is 10.1. The smallest absolute Gasteiger partial charge is 0.411 e. The Balaban J connectivity index is 2.13. The van der Waals surface area contributed by atoms with E-state index in [4.69, 9.17) is 0 Å². The highest BCUT2D eigenvalue weighted by Gasteiger charge is 2.17. The summed E-state index contributed by atoms with van der Waals surface area (Å²) in [5.74, 6) is -1.96. The van der Waals surface area contributed by atoms with Gasteiger partial charge >= 0.3 is 6.09 Å². The van der Waals surface area contributed by atoms with Crippen LogP contribution in [0.25, 0.3) is 0 Å². The summed E-state index contributed by atoms with van der Waals surface area (Å²) in [7, 11) is 0. The number of halogens is 2. The van der Waals surface area contributed by atoms with E-state index in [0.29, 0.717) is 11.3 Å². The molecule has 0 radical (unpaired) electrons. The first-order chi connectivity index (χ1) is 11.9. The first-order valence-corrected chi connectivity index (χ1v) is 7.30. The third-order valence-electron chi connectivity index (χ3n) is 3.19. The maximum Gasteiger partial charge on any atom is 0.411 e. The molecule has 0 unspecified atom stereocenters. The molecule has 2 aromatic rings. The van der Waals surface area contributed by atoms with Crippen molar-refractivity contribution in [3.63, 3.8) is 0 Å². The van der Waals surface area contributed by atoms with Crippen LogP contribution >= 0.6 is 0 Å². The molecule has 2 rings (SSSR count).